The molecule has 1 N–H and O–H groups in total. The Balaban J connectivity index is 2.01. The van der Waals surface area contributed by atoms with Crippen LogP contribution in [0, 0.1) is 0 Å². The summed E-state index contributed by atoms with van der Waals surface area (Å²) in [7, 11) is -1.88. The number of sulfonamides is 1. The number of carbonyl (C=O) groups is 1. The smallest absolute Gasteiger partial charge is 0.416 e. The van der Waals surface area contributed by atoms with Crippen molar-refractivity contribution in [3.8, 4) is 17.2 Å². The van der Waals surface area contributed by atoms with E-state index in [-0.39, 0.29) is 28.7 Å². The van der Waals surface area contributed by atoms with Gasteiger partial charge in [0.1, 0.15) is 18.9 Å². The Hall–Kier alpha value is -4.19. The molecule has 0 aliphatic carbocycles. The van der Waals surface area contributed by atoms with E-state index in [9.17, 15) is 26.4 Å². The average Bonchev–Trinajstić information content (AvgIpc) is 2.89. The molecule has 0 fully saturated rings. The summed E-state index contributed by atoms with van der Waals surface area (Å²) in [6, 6.07) is 13.7. The highest BCUT2D eigenvalue weighted by molar-refractivity contribution is 7.92. The number of hydrogen-bond acceptors (Lipinski definition) is 6. The van der Waals surface area contributed by atoms with Crippen LogP contribution in [0.1, 0.15) is 5.56 Å². The average molecular weight is 551 g/mol. The predicted octanol–water partition coefficient (Wildman–Crippen LogP) is 5.12. The lowest BCUT2D eigenvalue weighted by Crippen LogP contribution is -2.38. The van der Waals surface area contributed by atoms with Gasteiger partial charge in [0.25, 0.3) is 10.0 Å². The molecule has 0 radical (unpaired) electrons. The molecule has 3 aromatic carbocycles. The summed E-state index contributed by atoms with van der Waals surface area (Å²) >= 11 is 0. The van der Waals surface area contributed by atoms with Gasteiger partial charge in [0.05, 0.1) is 30.4 Å². The second-order valence-corrected chi connectivity index (χ2v) is 9.61. The molecule has 0 saturated carbocycles. The van der Waals surface area contributed by atoms with Crippen molar-refractivity contribution in [1.82, 2.24) is 0 Å². The maximum atomic E-state index is 13.7. The first-order valence-electron chi connectivity index (χ1n) is 11.0. The second kappa shape index (κ2) is 11.9. The Kier molecular flexibility index (Phi) is 8.89. The second-order valence-electron chi connectivity index (χ2n) is 7.75. The van der Waals surface area contributed by atoms with Gasteiger partial charge < -0.3 is 19.5 Å². The van der Waals surface area contributed by atoms with Crippen molar-refractivity contribution in [1.29, 1.82) is 0 Å². The van der Waals surface area contributed by atoms with Crippen LogP contribution in [0.25, 0.3) is 0 Å². The van der Waals surface area contributed by atoms with E-state index in [4.69, 9.17) is 14.2 Å². The number of rotatable bonds is 11. The van der Waals surface area contributed by atoms with Crippen LogP contribution in [0.5, 0.6) is 17.2 Å². The lowest BCUT2D eigenvalue weighted by Gasteiger charge is -2.25. The molecule has 38 heavy (non-hydrogen) atoms. The fourth-order valence-corrected chi connectivity index (χ4v) is 4.84. The van der Waals surface area contributed by atoms with Crippen molar-refractivity contribution in [3.63, 3.8) is 0 Å². The van der Waals surface area contributed by atoms with Crippen molar-refractivity contribution >= 4 is 27.3 Å². The Morgan fingerprint density at radius 1 is 1.00 bits per heavy atom. The fraction of sp³-hybridized carbons (Fsp3) is 0.192. The summed E-state index contributed by atoms with van der Waals surface area (Å²) in [5.41, 5.74) is -1.13. The van der Waals surface area contributed by atoms with Crippen LogP contribution in [0.4, 0.5) is 24.5 Å². The van der Waals surface area contributed by atoms with Gasteiger partial charge in [-0.15, -0.1) is 0 Å². The summed E-state index contributed by atoms with van der Waals surface area (Å²) < 4.78 is 83.9. The third kappa shape index (κ3) is 6.76. The highest BCUT2D eigenvalue weighted by Crippen LogP contribution is 2.35. The predicted molar refractivity (Wildman–Crippen MR) is 136 cm³/mol. The Labute approximate surface area is 218 Å². The monoisotopic (exact) mass is 550 g/mol. The van der Waals surface area contributed by atoms with Crippen LogP contribution in [0.15, 0.2) is 84.3 Å². The van der Waals surface area contributed by atoms with Gasteiger partial charge in [0.15, 0.2) is 11.5 Å². The molecule has 0 unspecified atom stereocenters. The van der Waals surface area contributed by atoms with Gasteiger partial charge in [-0.05, 0) is 42.5 Å². The minimum atomic E-state index is -4.73. The highest BCUT2D eigenvalue weighted by atomic mass is 32.2. The van der Waals surface area contributed by atoms with Crippen LogP contribution < -0.4 is 23.8 Å². The molecule has 0 heterocycles. The van der Waals surface area contributed by atoms with E-state index in [1.54, 1.807) is 18.2 Å². The van der Waals surface area contributed by atoms with E-state index in [1.165, 1.54) is 44.6 Å². The first-order chi connectivity index (χ1) is 18.0. The topological polar surface area (TPSA) is 94.2 Å². The van der Waals surface area contributed by atoms with Crippen molar-refractivity contribution in [2.75, 3.05) is 37.0 Å². The lowest BCUT2D eigenvalue weighted by atomic mass is 10.2. The molecular weight excluding hydrogens is 525 g/mol. The number of benzene rings is 3. The van der Waals surface area contributed by atoms with Gasteiger partial charge in [-0.1, -0.05) is 24.8 Å². The molecule has 0 atom stereocenters. The third-order valence-electron chi connectivity index (χ3n) is 5.18. The first kappa shape index (κ1) is 28.4. The van der Waals surface area contributed by atoms with Crippen LogP contribution in [-0.2, 0) is 21.0 Å². The first-order valence-corrected chi connectivity index (χ1v) is 12.5. The quantitative estimate of drug-likeness (QED) is 0.333. The molecule has 3 rings (SSSR count). The summed E-state index contributed by atoms with van der Waals surface area (Å²) in [6.07, 6.45) is -3.19. The van der Waals surface area contributed by atoms with E-state index < -0.39 is 34.2 Å². The van der Waals surface area contributed by atoms with E-state index in [1.807, 2.05) is 0 Å². The van der Waals surface area contributed by atoms with Crippen LogP contribution in [-0.4, -0.2) is 41.7 Å². The van der Waals surface area contributed by atoms with Gasteiger partial charge in [-0.3, -0.25) is 9.10 Å². The highest BCUT2D eigenvalue weighted by Gasteiger charge is 2.33. The molecule has 3 aromatic rings. The van der Waals surface area contributed by atoms with E-state index in [0.717, 1.165) is 18.2 Å². The Bertz CT molecular complexity index is 1410. The molecule has 12 heteroatoms. The van der Waals surface area contributed by atoms with Crippen LogP contribution in [0.2, 0.25) is 0 Å². The molecule has 0 spiro atoms. The summed E-state index contributed by atoms with van der Waals surface area (Å²) in [4.78, 5) is 12.6. The van der Waals surface area contributed by atoms with Gasteiger partial charge in [-0.25, -0.2) is 8.42 Å². The zero-order valence-electron chi connectivity index (χ0n) is 20.5. The zero-order chi connectivity index (χ0) is 27.9. The molecule has 0 saturated heterocycles. The number of nitrogens with zero attached hydrogens (tertiary/aromatic N) is 1. The SMILES string of the molecule is C=CCOc1cccc(NC(=O)CN(c2cccc(C(F)(F)F)c2)S(=O)(=O)c2ccc(OC)c(OC)c2)c1. The molecule has 1 amide bonds. The van der Waals surface area contributed by atoms with Crippen LogP contribution >= 0.6 is 0 Å². The molecule has 8 nitrogen and oxygen atoms in total. The molecule has 0 bridgehead atoms. The number of hydrogen-bond donors (Lipinski definition) is 1. The van der Waals surface area contributed by atoms with E-state index in [0.29, 0.717) is 21.8 Å². The van der Waals surface area contributed by atoms with Gasteiger partial charge in [-0.2, -0.15) is 13.2 Å². The van der Waals surface area contributed by atoms with E-state index >= 15 is 0 Å². The number of nitrogens with one attached hydrogen (secondary N) is 1. The largest absolute Gasteiger partial charge is 0.493 e. The molecule has 202 valence electrons. The van der Waals surface area contributed by atoms with E-state index in [2.05, 4.69) is 11.9 Å². The van der Waals surface area contributed by atoms with Gasteiger partial charge in [0.2, 0.25) is 5.91 Å². The summed E-state index contributed by atoms with van der Waals surface area (Å²) in [6.45, 7) is 2.96. The molecule has 0 aromatic heterocycles. The zero-order valence-corrected chi connectivity index (χ0v) is 21.3. The minimum Gasteiger partial charge on any atom is -0.493 e. The third-order valence-corrected chi connectivity index (χ3v) is 6.95. The number of carbonyl (C=O) groups excluding carboxylic acids is 1. The number of methoxy groups -OCH3 is 2. The number of anilines is 2. The number of alkyl halides is 3. The maximum absolute atomic E-state index is 13.7. The summed E-state index contributed by atoms with van der Waals surface area (Å²) in [5, 5.41) is 2.55. The summed E-state index contributed by atoms with van der Waals surface area (Å²) in [5.74, 6) is -0.0468. The maximum Gasteiger partial charge on any atom is 0.416 e. The Morgan fingerprint density at radius 2 is 1.71 bits per heavy atom. The number of ether oxygens (including phenoxy) is 3. The molecule has 0 aliphatic rings. The van der Waals surface area contributed by atoms with Gasteiger partial charge in [0, 0.05) is 17.8 Å². The number of halogens is 3. The van der Waals surface area contributed by atoms with Crippen molar-refractivity contribution in [3.05, 3.63) is 84.9 Å². The van der Waals surface area contributed by atoms with Crippen LogP contribution in [0.3, 0.4) is 0 Å². The Morgan fingerprint density at radius 3 is 2.37 bits per heavy atom. The van der Waals surface area contributed by atoms with Crippen molar-refractivity contribution in [2.24, 2.45) is 0 Å². The number of amides is 1. The van der Waals surface area contributed by atoms with Crippen molar-refractivity contribution < 1.29 is 40.6 Å². The lowest BCUT2D eigenvalue weighted by molar-refractivity contribution is -0.137. The molecular formula is C26H25F3N2O6S. The normalized spacial score (nSPS) is 11.4. The minimum absolute atomic E-state index is 0.0818. The standard InChI is InChI=1S/C26H25F3N2O6S/c1-4-13-37-21-10-6-8-19(15-21)30-25(32)17-31(20-9-5-7-18(14-20)26(27,28)29)38(33,34)22-11-12-23(35-2)24(16-22)36-3/h4-12,14-16H,1,13,17H2,2-3H3,(H,30,32). The van der Waals surface area contributed by atoms with Crippen molar-refractivity contribution in [2.45, 2.75) is 11.1 Å². The molecule has 0 aliphatic heterocycles. The fourth-order valence-electron chi connectivity index (χ4n) is 3.41. The van der Waals surface area contributed by atoms with Gasteiger partial charge >= 0.3 is 6.18 Å².